The second-order valence-corrected chi connectivity index (χ2v) is 9.60. The van der Waals surface area contributed by atoms with Crippen molar-refractivity contribution in [3.05, 3.63) is 64.3 Å². The quantitative estimate of drug-likeness (QED) is 0.502. The first-order chi connectivity index (χ1) is 15.3. The molecule has 11 heteroatoms. The largest absolute Gasteiger partial charge is 0.462 e. The average Bonchev–Trinajstić information content (AvgIpc) is 3.23. The summed E-state index contributed by atoms with van der Waals surface area (Å²) in [5, 5.41) is 0.116. The van der Waals surface area contributed by atoms with E-state index in [0.717, 1.165) is 11.3 Å². The molecule has 0 spiro atoms. The first-order valence-corrected chi connectivity index (χ1v) is 11.7. The fourth-order valence-corrected chi connectivity index (χ4v) is 6.00. The Labute approximate surface area is 186 Å². The number of carbonyl (C=O) groups excluding carboxylic acids is 3. The van der Waals surface area contributed by atoms with Gasteiger partial charge in [-0.1, -0.05) is 18.2 Å². The van der Waals surface area contributed by atoms with Crippen molar-refractivity contribution < 1.29 is 36.7 Å². The molecular formula is C21H16FNO7S2. The van der Waals surface area contributed by atoms with E-state index < -0.39 is 46.8 Å². The molecule has 2 aromatic carbocycles. The minimum absolute atomic E-state index is 0.0317. The molecule has 1 amide bonds. The van der Waals surface area contributed by atoms with Gasteiger partial charge in [0.1, 0.15) is 28.7 Å². The van der Waals surface area contributed by atoms with Crippen LogP contribution in [0.1, 0.15) is 32.5 Å². The minimum Gasteiger partial charge on any atom is -0.462 e. The Balaban J connectivity index is 1.57. The van der Waals surface area contributed by atoms with Gasteiger partial charge in [0.05, 0.1) is 12.2 Å². The SMILES string of the molecule is CCOC(=O)c1sc2cccc(F)c2c1COC(=O)CN1C(=O)c2ccccc2S1(=O)=O. The zero-order valence-electron chi connectivity index (χ0n) is 16.7. The number of benzene rings is 2. The number of halogens is 1. The molecule has 0 aliphatic carbocycles. The molecule has 0 saturated carbocycles. The molecule has 1 aliphatic heterocycles. The van der Waals surface area contributed by atoms with E-state index in [0.29, 0.717) is 9.01 Å². The van der Waals surface area contributed by atoms with E-state index >= 15 is 0 Å². The summed E-state index contributed by atoms with van der Waals surface area (Å²) >= 11 is 0.996. The van der Waals surface area contributed by atoms with Gasteiger partial charge >= 0.3 is 11.9 Å². The van der Waals surface area contributed by atoms with Crippen LogP contribution in [0.2, 0.25) is 0 Å². The number of hydrogen-bond donors (Lipinski definition) is 0. The summed E-state index contributed by atoms with van der Waals surface area (Å²) in [6.07, 6.45) is 0. The number of sulfonamides is 1. The molecule has 32 heavy (non-hydrogen) atoms. The second kappa shape index (κ2) is 8.32. The average molecular weight is 477 g/mol. The third-order valence-corrected chi connectivity index (χ3v) is 7.75. The van der Waals surface area contributed by atoms with Crippen LogP contribution in [0.4, 0.5) is 4.39 Å². The van der Waals surface area contributed by atoms with Crippen LogP contribution in [0.15, 0.2) is 47.4 Å². The number of ether oxygens (including phenoxy) is 2. The van der Waals surface area contributed by atoms with Gasteiger partial charge in [0, 0.05) is 15.6 Å². The van der Waals surface area contributed by atoms with Crippen LogP contribution in [0.3, 0.4) is 0 Å². The van der Waals surface area contributed by atoms with Crippen LogP contribution in [0.25, 0.3) is 10.1 Å². The van der Waals surface area contributed by atoms with Crippen LogP contribution >= 0.6 is 11.3 Å². The van der Waals surface area contributed by atoms with Crippen LogP contribution in [-0.4, -0.2) is 43.7 Å². The number of amides is 1. The van der Waals surface area contributed by atoms with Crippen molar-refractivity contribution in [3.63, 3.8) is 0 Å². The molecule has 0 radical (unpaired) electrons. The number of carbonyl (C=O) groups is 3. The molecule has 0 atom stereocenters. The van der Waals surface area contributed by atoms with Crippen LogP contribution in [-0.2, 0) is 30.9 Å². The highest BCUT2D eigenvalue weighted by molar-refractivity contribution is 7.90. The molecule has 1 aliphatic rings. The van der Waals surface area contributed by atoms with Gasteiger partial charge in [0.15, 0.2) is 0 Å². The highest BCUT2D eigenvalue weighted by Crippen LogP contribution is 2.35. The number of nitrogens with zero attached hydrogens (tertiary/aromatic N) is 1. The monoisotopic (exact) mass is 477 g/mol. The zero-order chi connectivity index (χ0) is 23.0. The van der Waals surface area contributed by atoms with Gasteiger partial charge in [-0.25, -0.2) is 21.9 Å². The zero-order valence-corrected chi connectivity index (χ0v) is 18.3. The number of fused-ring (bicyclic) bond motifs is 2. The maximum Gasteiger partial charge on any atom is 0.348 e. The minimum atomic E-state index is -4.18. The topological polar surface area (TPSA) is 107 Å². The molecule has 3 aromatic rings. The molecule has 0 N–H and O–H groups in total. The Hall–Kier alpha value is -3.31. The van der Waals surface area contributed by atoms with Crippen LogP contribution in [0, 0.1) is 5.82 Å². The lowest BCUT2D eigenvalue weighted by atomic mass is 10.1. The number of thiophene rings is 1. The van der Waals surface area contributed by atoms with E-state index in [1.165, 1.54) is 36.4 Å². The van der Waals surface area contributed by atoms with Crippen molar-refractivity contribution in [1.82, 2.24) is 4.31 Å². The Morgan fingerprint density at radius 1 is 1.09 bits per heavy atom. The number of hydrogen-bond acceptors (Lipinski definition) is 8. The second-order valence-electron chi connectivity index (χ2n) is 6.72. The Kier molecular flexibility index (Phi) is 5.70. The molecule has 0 bridgehead atoms. The van der Waals surface area contributed by atoms with Crippen molar-refractivity contribution in [2.45, 2.75) is 18.4 Å². The van der Waals surface area contributed by atoms with Crippen LogP contribution < -0.4 is 0 Å². The highest BCUT2D eigenvalue weighted by Gasteiger charge is 2.42. The van der Waals surface area contributed by atoms with Crippen molar-refractivity contribution in [2.75, 3.05) is 13.2 Å². The molecular weight excluding hydrogens is 461 g/mol. The third kappa shape index (κ3) is 3.63. The normalized spacial score (nSPS) is 14.4. The summed E-state index contributed by atoms with van der Waals surface area (Å²) in [6.45, 7) is 0.374. The van der Waals surface area contributed by atoms with Gasteiger partial charge < -0.3 is 9.47 Å². The lowest BCUT2D eigenvalue weighted by Crippen LogP contribution is -2.35. The van der Waals surface area contributed by atoms with E-state index in [1.54, 1.807) is 13.0 Å². The molecule has 2 heterocycles. The summed E-state index contributed by atoms with van der Waals surface area (Å²) in [6, 6.07) is 9.93. The van der Waals surface area contributed by atoms with Crippen LogP contribution in [0.5, 0.6) is 0 Å². The first-order valence-electron chi connectivity index (χ1n) is 9.44. The third-order valence-electron chi connectivity index (χ3n) is 4.79. The maximum atomic E-state index is 14.4. The molecule has 1 aromatic heterocycles. The van der Waals surface area contributed by atoms with Gasteiger partial charge in [0.2, 0.25) is 0 Å². The van der Waals surface area contributed by atoms with E-state index in [2.05, 4.69) is 0 Å². The smallest absolute Gasteiger partial charge is 0.348 e. The molecule has 8 nitrogen and oxygen atoms in total. The van der Waals surface area contributed by atoms with Gasteiger partial charge in [-0.2, -0.15) is 0 Å². The van der Waals surface area contributed by atoms with Gasteiger partial charge in [-0.05, 0) is 31.2 Å². The summed E-state index contributed by atoms with van der Waals surface area (Å²) in [7, 11) is -4.18. The molecule has 166 valence electrons. The Morgan fingerprint density at radius 2 is 1.84 bits per heavy atom. The van der Waals surface area contributed by atoms with Crippen molar-refractivity contribution in [1.29, 1.82) is 0 Å². The van der Waals surface area contributed by atoms with Gasteiger partial charge in [-0.15, -0.1) is 11.3 Å². The lowest BCUT2D eigenvalue weighted by Gasteiger charge is -2.14. The fourth-order valence-electron chi connectivity index (χ4n) is 3.37. The van der Waals surface area contributed by atoms with E-state index in [-0.39, 0.29) is 32.9 Å². The number of esters is 2. The van der Waals surface area contributed by atoms with Gasteiger partial charge in [0.25, 0.3) is 15.9 Å². The summed E-state index contributed by atoms with van der Waals surface area (Å²) in [5.41, 5.74) is 0.0876. The molecule has 4 rings (SSSR count). The first kappa shape index (κ1) is 21.9. The maximum absolute atomic E-state index is 14.4. The molecule has 0 unspecified atom stereocenters. The highest BCUT2D eigenvalue weighted by atomic mass is 32.2. The number of rotatable bonds is 6. The van der Waals surface area contributed by atoms with E-state index in [4.69, 9.17) is 9.47 Å². The van der Waals surface area contributed by atoms with Crippen molar-refractivity contribution in [2.24, 2.45) is 0 Å². The lowest BCUT2D eigenvalue weighted by molar-refractivity contribution is -0.144. The summed E-state index contributed by atoms with van der Waals surface area (Å²) in [5.74, 6) is -3.16. The molecule has 0 fully saturated rings. The van der Waals surface area contributed by atoms with E-state index in [9.17, 15) is 27.2 Å². The standard InChI is InChI=1S/C21H16FNO7S2/c1-2-29-21(26)19-13(18-14(22)7-5-8-15(18)31-19)11-30-17(24)10-23-20(25)12-6-3-4-9-16(12)32(23,27)28/h3-9H,2,10-11H2,1H3. The predicted octanol–water partition coefficient (Wildman–Crippen LogP) is 3.11. The summed E-state index contributed by atoms with van der Waals surface area (Å²) < 4.78 is 50.7. The fraction of sp³-hybridized carbons (Fsp3) is 0.190. The van der Waals surface area contributed by atoms with Crippen molar-refractivity contribution in [3.8, 4) is 0 Å². The molecule has 0 saturated heterocycles. The van der Waals surface area contributed by atoms with Gasteiger partial charge in [-0.3, -0.25) is 9.59 Å². The van der Waals surface area contributed by atoms with E-state index in [1.807, 2.05) is 0 Å². The summed E-state index contributed by atoms with van der Waals surface area (Å²) in [4.78, 5) is 37.1. The Bertz CT molecular complexity index is 1360. The van der Waals surface area contributed by atoms with Crippen molar-refractivity contribution >= 4 is 49.3 Å². The Morgan fingerprint density at radius 3 is 2.56 bits per heavy atom. The predicted molar refractivity (Wildman–Crippen MR) is 112 cm³/mol.